The van der Waals surface area contributed by atoms with Crippen LogP contribution in [0, 0.1) is 5.92 Å². The number of hydrogen-bond donors (Lipinski definition) is 2. The molecule has 1 amide bonds. The Balaban J connectivity index is 1.99. The fraction of sp³-hybridized carbons (Fsp3) is 0.588. The van der Waals surface area contributed by atoms with E-state index in [0.717, 1.165) is 25.0 Å². The maximum Gasteiger partial charge on any atom is 0.416 e. The average Bonchev–Trinajstić information content (AvgIpc) is 2.53. The molecule has 1 aliphatic rings. The predicted octanol–water partition coefficient (Wildman–Crippen LogP) is 3.44. The van der Waals surface area contributed by atoms with E-state index in [1.807, 2.05) is 13.8 Å². The van der Waals surface area contributed by atoms with Gasteiger partial charge in [-0.1, -0.05) is 13.8 Å². The Bertz CT molecular complexity index is 538. The van der Waals surface area contributed by atoms with Crippen LogP contribution in [0.2, 0.25) is 0 Å². The number of carbonyl (C=O) groups excluding carboxylic acids is 1. The second-order valence-corrected chi connectivity index (χ2v) is 6.34. The predicted molar refractivity (Wildman–Crippen MR) is 85.7 cm³/mol. The SMILES string of the molecule is CC(C)C(NC1CCOCC1)C(=O)Nc1ccc(C(F)(F)F)cc1. The third-order valence-corrected chi connectivity index (χ3v) is 4.07. The van der Waals surface area contributed by atoms with Gasteiger partial charge in [0.15, 0.2) is 0 Å². The van der Waals surface area contributed by atoms with Crippen molar-refractivity contribution in [3.63, 3.8) is 0 Å². The summed E-state index contributed by atoms with van der Waals surface area (Å²) in [6.45, 7) is 5.21. The minimum Gasteiger partial charge on any atom is -0.381 e. The van der Waals surface area contributed by atoms with Gasteiger partial charge in [0, 0.05) is 24.9 Å². The third kappa shape index (κ3) is 5.21. The fourth-order valence-electron chi connectivity index (χ4n) is 2.65. The third-order valence-electron chi connectivity index (χ3n) is 4.07. The van der Waals surface area contributed by atoms with Gasteiger partial charge in [0.2, 0.25) is 5.91 Å². The zero-order valence-electron chi connectivity index (χ0n) is 13.8. The number of ether oxygens (including phenoxy) is 1. The van der Waals surface area contributed by atoms with Crippen molar-refractivity contribution in [2.75, 3.05) is 18.5 Å². The van der Waals surface area contributed by atoms with Crippen molar-refractivity contribution in [2.24, 2.45) is 5.92 Å². The number of hydrogen-bond acceptors (Lipinski definition) is 3. The molecular weight excluding hydrogens is 321 g/mol. The number of halogens is 3. The van der Waals surface area contributed by atoms with E-state index in [1.165, 1.54) is 12.1 Å². The number of anilines is 1. The summed E-state index contributed by atoms with van der Waals surface area (Å²) in [5.74, 6) is -0.182. The van der Waals surface area contributed by atoms with Gasteiger partial charge in [0.1, 0.15) is 0 Å². The molecule has 1 aromatic rings. The molecule has 1 aliphatic heterocycles. The number of nitrogens with one attached hydrogen (secondary N) is 2. The molecule has 4 nitrogen and oxygen atoms in total. The van der Waals surface area contributed by atoms with Crippen LogP contribution in [0.5, 0.6) is 0 Å². The topological polar surface area (TPSA) is 50.4 Å². The van der Waals surface area contributed by atoms with Crippen LogP contribution >= 0.6 is 0 Å². The molecule has 134 valence electrons. The summed E-state index contributed by atoms with van der Waals surface area (Å²) in [4.78, 5) is 12.5. The number of benzene rings is 1. The lowest BCUT2D eigenvalue weighted by molar-refractivity contribution is -0.137. The van der Waals surface area contributed by atoms with E-state index in [-0.39, 0.29) is 17.9 Å². The summed E-state index contributed by atoms with van der Waals surface area (Å²) in [6.07, 6.45) is -2.69. The normalized spacial score (nSPS) is 17.8. The molecular formula is C17H23F3N2O2. The van der Waals surface area contributed by atoms with E-state index in [9.17, 15) is 18.0 Å². The monoisotopic (exact) mass is 344 g/mol. The van der Waals surface area contributed by atoms with Crippen molar-refractivity contribution >= 4 is 11.6 Å². The van der Waals surface area contributed by atoms with Crippen LogP contribution in [0.15, 0.2) is 24.3 Å². The summed E-state index contributed by atoms with van der Waals surface area (Å²) in [5.41, 5.74) is -0.381. The van der Waals surface area contributed by atoms with Crippen LogP contribution in [-0.4, -0.2) is 31.2 Å². The van der Waals surface area contributed by atoms with Gasteiger partial charge < -0.3 is 15.4 Å². The number of amides is 1. The van der Waals surface area contributed by atoms with E-state index >= 15 is 0 Å². The van der Waals surface area contributed by atoms with Gasteiger partial charge in [0.05, 0.1) is 11.6 Å². The van der Waals surface area contributed by atoms with Crippen molar-refractivity contribution < 1.29 is 22.7 Å². The first-order chi connectivity index (χ1) is 11.3. The molecule has 0 aliphatic carbocycles. The molecule has 1 saturated heterocycles. The Kier molecular flexibility index (Phi) is 6.23. The molecule has 0 aromatic heterocycles. The number of rotatable bonds is 5. The van der Waals surface area contributed by atoms with Gasteiger partial charge in [-0.3, -0.25) is 4.79 Å². The van der Waals surface area contributed by atoms with Gasteiger partial charge in [-0.2, -0.15) is 13.2 Å². The highest BCUT2D eigenvalue weighted by atomic mass is 19.4. The fourth-order valence-corrected chi connectivity index (χ4v) is 2.65. The zero-order chi connectivity index (χ0) is 17.7. The molecule has 1 atom stereocenters. The van der Waals surface area contributed by atoms with Crippen molar-refractivity contribution in [1.29, 1.82) is 0 Å². The molecule has 7 heteroatoms. The molecule has 2 N–H and O–H groups in total. The highest BCUT2D eigenvalue weighted by Gasteiger charge is 2.30. The first-order valence-electron chi connectivity index (χ1n) is 8.09. The summed E-state index contributed by atoms with van der Waals surface area (Å²) in [6, 6.07) is 4.27. The Morgan fingerprint density at radius 1 is 1.17 bits per heavy atom. The molecule has 24 heavy (non-hydrogen) atoms. The van der Waals surface area contributed by atoms with Crippen molar-refractivity contribution in [3.8, 4) is 0 Å². The van der Waals surface area contributed by atoms with Gasteiger partial charge in [-0.15, -0.1) is 0 Å². The number of alkyl halides is 3. The van der Waals surface area contributed by atoms with Crippen LogP contribution in [0.25, 0.3) is 0 Å². The molecule has 1 aromatic carbocycles. The van der Waals surface area contributed by atoms with Crippen LogP contribution in [-0.2, 0) is 15.7 Å². The second kappa shape index (κ2) is 7.98. The van der Waals surface area contributed by atoms with Crippen LogP contribution in [0.1, 0.15) is 32.3 Å². The quantitative estimate of drug-likeness (QED) is 0.860. The Hall–Kier alpha value is -1.60. The lowest BCUT2D eigenvalue weighted by Gasteiger charge is -2.30. The molecule has 0 bridgehead atoms. The molecule has 0 radical (unpaired) electrons. The van der Waals surface area contributed by atoms with Crippen LogP contribution in [0.4, 0.5) is 18.9 Å². The first-order valence-corrected chi connectivity index (χ1v) is 8.09. The standard InChI is InChI=1S/C17H23F3N2O2/c1-11(2)15(21-14-7-9-24-10-8-14)16(23)22-13-5-3-12(4-6-13)17(18,19)20/h3-6,11,14-15,21H,7-10H2,1-2H3,(H,22,23). The van der Waals surface area contributed by atoms with E-state index in [1.54, 1.807) is 0 Å². The second-order valence-electron chi connectivity index (χ2n) is 6.34. The minimum atomic E-state index is -4.38. The summed E-state index contributed by atoms with van der Waals surface area (Å²) < 4.78 is 43.0. The molecule has 1 fully saturated rings. The summed E-state index contributed by atoms with van der Waals surface area (Å²) >= 11 is 0. The summed E-state index contributed by atoms with van der Waals surface area (Å²) in [5, 5.41) is 6.03. The zero-order valence-corrected chi connectivity index (χ0v) is 13.8. The van der Waals surface area contributed by atoms with Gasteiger partial charge in [0.25, 0.3) is 0 Å². The molecule has 1 unspecified atom stereocenters. The van der Waals surface area contributed by atoms with Crippen molar-refractivity contribution in [3.05, 3.63) is 29.8 Å². The van der Waals surface area contributed by atoms with Crippen LogP contribution < -0.4 is 10.6 Å². The smallest absolute Gasteiger partial charge is 0.381 e. The van der Waals surface area contributed by atoms with Gasteiger partial charge >= 0.3 is 6.18 Å². The average molecular weight is 344 g/mol. The minimum absolute atomic E-state index is 0.0577. The number of carbonyl (C=O) groups is 1. The van der Waals surface area contributed by atoms with Crippen LogP contribution in [0.3, 0.4) is 0 Å². The van der Waals surface area contributed by atoms with E-state index in [0.29, 0.717) is 18.9 Å². The maximum absolute atomic E-state index is 12.6. The highest BCUT2D eigenvalue weighted by molar-refractivity contribution is 5.95. The molecule has 0 saturated carbocycles. The lowest BCUT2D eigenvalue weighted by Crippen LogP contribution is -2.50. The Morgan fingerprint density at radius 3 is 2.25 bits per heavy atom. The van der Waals surface area contributed by atoms with E-state index in [4.69, 9.17) is 4.74 Å². The Morgan fingerprint density at radius 2 is 1.75 bits per heavy atom. The largest absolute Gasteiger partial charge is 0.416 e. The van der Waals surface area contributed by atoms with Crippen molar-refractivity contribution in [1.82, 2.24) is 5.32 Å². The Labute approximate surface area is 139 Å². The maximum atomic E-state index is 12.6. The first kappa shape index (κ1) is 18.7. The van der Waals surface area contributed by atoms with E-state index < -0.39 is 17.8 Å². The summed E-state index contributed by atoms with van der Waals surface area (Å²) in [7, 11) is 0. The van der Waals surface area contributed by atoms with E-state index in [2.05, 4.69) is 10.6 Å². The molecule has 0 spiro atoms. The van der Waals surface area contributed by atoms with Gasteiger partial charge in [-0.05, 0) is 43.0 Å². The lowest BCUT2D eigenvalue weighted by atomic mass is 10.00. The van der Waals surface area contributed by atoms with Gasteiger partial charge in [-0.25, -0.2) is 0 Å². The molecule has 1 heterocycles. The molecule has 2 rings (SSSR count). The highest BCUT2D eigenvalue weighted by Crippen LogP contribution is 2.29. The van der Waals surface area contributed by atoms with Crippen molar-refractivity contribution in [2.45, 2.75) is 44.9 Å².